The molecule has 2 aromatic heterocycles. The molecule has 0 bridgehead atoms. The molecule has 0 saturated heterocycles. The second-order valence-corrected chi connectivity index (χ2v) is 5.66. The van der Waals surface area contributed by atoms with Crippen LogP contribution in [0.1, 0.15) is 5.82 Å². The Hall–Kier alpha value is -2.22. The van der Waals surface area contributed by atoms with Crippen molar-refractivity contribution in [3.8, 4) is 11.3 Å². The number of oxazole rings is 1. The first-order chi connectivity index (χ1) is 11.0. The number of aromatic nitrogens is 3. The molecule has 0 spiro atoms. The first-order valence-corrected chi connectivity index (χ1v) is 7.71. The molecule has 0 radical (unpaired) electrons. The van der Waals surface area contributed by atoms with Gasteiger partial charge in [-0.2, -0.15) is 13.2 Å². The lowest BCUT2D eigenvalue weighted by Crippen LogP contribution is -2.18. The van der Waals surface area contributed by atoms with E-state index in [1.165, 1.54) is 24.2 Å². The van der Waals surface area contributed by atoms with E-state index in [2.05, 4.69) is 9.97 Å². The maximum absolute atomic E-state index is 12.5. The van der Waals surface area contributed by atoms with Crippen LogP contribution in [0.2, 0.25) is 0 Å². The van der Waals surface area contributed by atoms with Crippen molar-refractivity contribution < 1.29 is 17.6 Å². The number of nitrogens with zero attached hydrogens (tertiary/aromatic N) is 3. The van der Waals surface area contributed by atoms with Crippen molar-refractivity contribution in [2.75, 3.05) is 0 Å². The summed E-state index contributed by atoms with van der Waals surface area (Å²) in [7, 11) is 0. The summed E-state index contributed by atoms with van der Waals surface area (Å²) in [6.07, 6.45) is -0.00960. The normalized spacial score (nSPS) is 11.8. The number of imidazole rings is 1. The van der Waals surface area contributed by atoms with E-state index in [4.69, 9.17) is 4.42 Å². The Morgan fingerprint density at radius 3 is 2.65 bits per heavy atom. The number of rotatable bonds is 5. The minimum atomic E-state index is -4.27. The van der Waals surface area contributed by atoms with Crippen LogP contribution in [-0.4, -0.2) is 20.7 Å². The molecule has 4 nitrogen and oxygen atoms in total. The van der Waals surface area contributed by atoms with Crippen molar-refractivity contribution in [2.24, 2.45) is 0 Å². The Morgan fingerprint density at radius 2 is 1.91 bits per heavy atom. The van der Waals surface area contributed by atoms with Gasteiger partial charge in [-0.25, -0.2) is 9.97 Å². The van der Waals surface area contributed by atoms with Crippen molar-refractivity contribution in [3.63, 3.8) is 0 Å². The van der Waals surface area contributed by atoms with Crippen molar-refractivity contribution >= 4 is 11.8 Å². The molecule has 0 aliphatic rings. The van der Waals surface area contributed by atoms with Gasteiger partial charge in [0.15, 0.2) is 5.76 Å². The summed E-state index contributed by atoms with van der Waals surface area (Å²) in [6.45, 7) is -1.05. The molecule has 3 aromatic rings. The molecule has 0 aliphatic carbocycles. The highest BCUT2D eigenvalue weighted by Crippen LogP contribution is 2.27. The monoisotopic (exact) mass is 339 g/mol. The molecule has 0 atom stereocenters. The van der Waals surface area contributed by atoms with Crippen LogP contribution in [0.25, 0.3) is 11.3 Å². The lowest BCUT2D eigenvalue weighted by molar-refractivity contribution is -0.140. The van der Waals surface area contributed by atoms with Crippen molar-refractivity contribution in [1.82, 2.24) is 14.5 Å². The molecular weight excluding hydrogens is 327 g/mol. The van der Waals surface area contributed by atoms with Gasteiger partial charge in [0, 0.05) is 18.0 Å². The third kappa shape index (κ3) is 4.16. The molecule has 8 heteroatoms. The number of benzene rings is 1. The fourth-order valence-corrected chi connectivity index (χ4v) is 2.77. The first kappa shape index (κ1) is 15.7. The quantitative estimate of drug-likeness (QED) is 0.647. The van der Waals surface area contributed by atoms with E-state index in [-0.39, 0.29) is 5.75 Å². The van der Waals surface area contributed by atoms with Crippen LogP contribution in [0.15, 0.2) is 58.6 Å². The number of alkyl halides is 3. The van der Waals surface area contributed by atoms with Gasteiger partial charge in [-0.05, 0) is 0 Å². The average Bonchev–Trinajstić information content (AvgIpc) is 3.14. The van der Waals surface area contributed by atoms with E-state index < -0.39 is 12.7 Å². The summed E-state index contributed by atoms with van der Waals surface area (Å²) in [5, 5.41) is 0.394. The van der Waals surface area contributed by atoms with Crippen LogP contribution in [0.4, 0.5) is 13.2 Å². The second-order valence-electron chi connectivity index (χ2n) is 4.73. The number of thioether (sulfide) groups is 1. The minimum absolute atomic E-state index is 0.248. The summed E-state index contributed by atoms with van der Waals surface area (Å²) in [6, 6.07) is 9.46. The third-order valence-corrected chi connectivity index (χ3v) is 3.86. The molecule has 0 unspecified atom stereocenters. The van der Waals surface area contributed by atoms with Crippen molar-refractivity contribution in [1.29, 1.82) is 0 Å². The molecule has 0 aliphatic heterocycles. The van der Waals surface area contributed by atoms with Gasteiger partial charge in [0.2, 0.25) is 0 Å². The van der Waals surface area contributed by atoms with E-state index in [1.807, 2.05) is 30.3 Å². The fourth-order valence-electron chi connectivity index (χ4n) is 2.00. The van der Waals surface area contributed by atoms with E-state index in [0.717, 1.165) is 10.1 Å². The summed E-state index contributed by atoms with van der Waals surface area (Å²) >= 11 is 1.21. The summed E-state index contributed by atoms with van der Waals surface area (Å²) < 4.78 is 44.1. The number of hydrogen-bond donors (Lipinski definition) is 0. The molecule has 0 saturated carbocycles. The first-order valence-electron chi connectivity index (χ1n) is 6.72. The highest BCUT2D eigenvalue weighted by molar-refractivity contribution is 7.98. The Kier molecular flexibility index (Phi) is 4.42. The van der Waals surface area contributed by atoms with Gasteiger partial charge in [0.05, 0.1) is 11.9 Å². The molecule has 0 N–H and O–H groups in total. The smallest absolute Gasteiger partial charge is 0.406 e. The Bertz CT molecular complexity index is 768. The van der Waals surface area contributed by atoms with Gasteiger partial charge in [0.25, 0.3) is 5.22 Å². The van der Waals surface area contributed by atoms with Gasteiger partial charge in [-0.15, -0.1) is 0 Å². The maximum Gasteiger partial charge on any atom is 0.406 e. The van der Waals surface area contributed by atoms with E-state index in [1.54, 1.807) is 6.20 Å². The van der Waals surface area contributed by atoms with Crippen LogP contribution in [0, 0.1) is 0 Å². The van der Waals surface area contributed by atoms with Crippen LogP contribution in [0.5, 0.6) is 0 Å². The van der Waals surface area contributed by atoms with E-state index >= 15 is 0 Å². The fraction of sp³-hybridized carbons (Fsp3) is 0.200. The molecule has 0 fully saturated rings. The zero-order valence-electron chi connectivity index (χ0n) is 11.8. The van der Waals surface area contributed by atoms with Crippen LogP contribution < -0.4 is 0 Å². The molecule has 23 heavy (non-hydrogen) atoms. The van der Waals surface area contributed by atoms with Gasteiger partial charge in [0.1, 0.15) is 12.4 Å². The highest BCUT2D eigenvalue weighted by atomic mass is 32.2. The summed E-state index contributed by atoms with van der Waals surface area (Å²) in [5.74, 6) is 1.19. The average molecular weight is 339 g/mol. The predicted octanol–water partition coefficient (Wildman–Crippen LogP) is 4.39. The van der Waals surface area contributed by atoms with Crippen LogP contribution in [0.3, 0.4) is 0 Å². The zero-order valence-corrected chi connectivity index (χ0v) is 12.6. The molecule has 2 heterocycles. The van der Waals surface area contributed by atoms with Crippen molar-refractivity contribution in [2.45, 2.75) is 23.7 Å². The lowest BCUT2D eigenvalue weighted by Gasteiger charge is -2.09. The maximum atomic E-state index is 12.5. The van der Waals surface area contributed by atoms with E-state index in [9.17, 15) is 13.2 Å². The topological polar surface area (TPSA) is 43.9 Å². The van der Waals surface area contributed by atoms with E-state index in [0.29, 0.717) is 16.8 Å². The number of halogens is 3. The zero-order chi connectivity index (χ0) is 16.3. The predicted molar refractivity (Wildman–Crippen MR) is 79.8 cm³/mol. The molecule has 120 valence electrons. The van der Waals surface area contributed by atoms with Gasteiger partial charge in [-0.1, -0.05) is 42.1 Å². The van der Waals surface area contributed by atoms with Crippen molar-refractivity contribution in [3.05, 3.63) is 54.7 Å². The summed E-state index contributed by atoms with van der Waals surface area (Å²) in [4.78, 5) is 8.09. The van der Waals surface area contributed by atoms with Crippen LogP contribution in [-0.2, 0) is 12.3 Å². The highest BCUT2D eigenvalue weighted by Gasteiger charge is 2.28. The Balaban J connectivity index is 1.66. The molecule has 3 rings (SSSR count). The summed E-state index contributed by atoms with van der Waals surface area (Å²) in [5.41, 5.74) is 0.894. The number of hydrogen-bond acceptors (Lipinski definition) is 4. The largest absolute Gasteiger partial charge is 0.431 e. The lowest BCUT2D eigenvalue weighted by atomic mass is 10.2. The molecular formula is C15H12F3N3OS. The van der Waals surface area contributed by atoms with Gasteiger partial charge < -0.3 is 8.98 Å². The van der Waals surface area contributed by atoms with Gasteiger partial charge >= 0.3 is 6.18 Å². The minimum Gasteiger partial charge on any atom is -0.431 e. The van der Waals surface area contributed by atoms with Crippen LogP contribution >= 0.6 is 11.8 Å². The Morgan fingerprint density at radius 1 is 1.13 bits per heavy atom. The third-order valence-electron chi connectivity index (χ3n) is 3.02. The second kappa shape index (κ2) is 6.49. The SMILES string of the molecule is FC(F)(F)Cn1ccnc1CSc1ncc(-c2ccccc2)o1. The standard InChI is InChI=1S/C15H12F3N3OS/c16-15(17,18)10-21-7-6-19-13(21)9-23-14-20-8-12(22-14)11-4-2-1-3-5-11/h1-8H,9-10H2. The Labute approximate surface area is 134 Å². The molecule has 0 amide bonds. The van der Waals surface area contributed by atoms with Gasteiger partial charge in [-0.3, -0.25) is 0 Å². The molecule has 1 aromatic carbocycles.